The number of hydrogen-bond donors (Lipinski definition) is 1. The van der Waals surface area contributed by atoms with E-state index in [-0.39, 0.29) is 30.2 Å². The Hall–Kier alpha value is -2.65. The molecule has 7 nitrogen and oxygen atoms in total. The molecule has 29 heavy (non-hydrogen) atoms. The molecule has 152 valence electrons. The zero-order valence-corrected chi connectivity index (χ0v) is 16.4. The second-order valence-electron chi connectivity index (χ2n) is 7.79. The topological polar surface area (TPSA) is 71.1 Å². The number of nitrogens with zero attached hydrogens (tertiary/aromatic N) is 2. The molecule has 0 bridgehead atoms. The Labute approximate surface area is 171 Å². The molecule has 3 aliphatic heterocycles. The van der Waals surface area contributed by atoms with Crippen molar-refractivity contribution in [3.05, 3.63) is 46.4 Å². The molecule has 0 unspecified atom stereocenters. The van der Waals surface area contributed by atoms with Crippen LogP contribution in [0.5, 0.6) is 0 Å². The molecular weight excluding hydrogens is 397 g/mol. The van der Waals surface area contributed by atoms with Crippen molar-refractivity contribution in [1.29, 1.82) is 0 Å². The number of carbonyl (C=O) groups excluding carboxylic acids is 2. The largest absolute Gasteiger partial charge is 0.442 e. The van der Waals surface area contributed by atoms with Crippen LogP contribution in [0.2, 0.25) is 0 Å². The Morgan fingerprint density at radius 2 is 2.14 bits per heavy atom. The van der Waals surface area contributed by atoms with E-state index >= 15 is 0 Å². The van der Waals surface area contributed by atoms with E-state index in [4.69, 9.17) is 9.47 Å². The highest BCUT2D eigenvalue weighted by molar-refractivity contribution is 7.12. The summed E-state index contributed by atoms with van der Waals surface area (Å²) < 4.78 is 25.3. The highest BCUT2D eigenvalue weighted by Crippen LogP contribution is 2.41. The van der Waals surface area contributed by atoms with E-state index in [0.717, 1.165) is 26.3 Å². The molecule has 1 atom stereocenters. The maximum absolute atomic E-state index is 14.7. The molecule has 9 heteroatoms. The molecule has 1 spiro atoms. The highest BCUT2D eigenvalue weighted by Gasteiger charge is 2.49. The molecule has 3 aliphatic rings. The Bertz CT molecular complexity index is 939. The van der Waals surface area contributed by atoms with Gasteiger partial charge >= 0.3 is 6.09 Å². The van der Waals surface area contributed by atoms with Gasteiger partial charge in [-0.15, -0.1) is 11.3 Å². The van der Waals surface area contributed by atoms with Crippen LogP contribution >= 0.6 is 11.3 Å². The van der Waals surface area contributed by atoms with Crippen LogP contribution in [0.3, 0.4) is 0 Å². The van der Waals surface area contributed by atoms with E-state index in [1.165, 1.54) is 22.3 Å². The summed E-state index contributed by atoms with van der Waals surface area (Å²) in [4.78, 5) is 28.3. The van der Waals surface area contributed by atoms with Gasteiger partial charge in [0.05, 0.1) is 48.0 Å². The Morgan fingerprint density at radius 1 is 1.31 bits per heavy atom. The summed E-state index contributed by atoms with van der Waals surface area (Å²) in [5.41, 5.74) is 1.19. The van der Waals surface area contributed by atoms with Gasteiger partial charge in [0.1, 0.15) is 11.9 Å². The second-order valence-corrected chi connectivity index (χ2v) is 8.74. The monoisotopic (exact) mass is 417 g/mol. The molecule has 4 heterocycles. The van der Waals surface area contributed by atoms with Crippen LogP contribution < -0.4 is 15.1 Å². The standard InChI is InChI=1S/C20H20FN3O4S/c21-15-6-13(3-4-16(15)23-9-20(10-23)11-27-12-20)24-8-14(28-19(24)26)7-22-18(25)17-2-1-5-29-17/h1-6,14H,7-12H2,(H,22,25)/t14-/m0/s1. The lowest BCUT2D eigenvalue weighted by atomic mass is 9.78. The number of carbonyl (C=O) groups is 2. The average molecular weight is 417 g/mol. The van der Waals surface area contributed by atoms with Crippen molar-refractivity contribution in [3.63, 3.8) is 0 Å². The molecule has 5 rings (SSSR count). The van der Waals surface area contributed by atoms with Crippen LogP contribution in [-0.2, 0) is 9.47 Å². The van der Waals surface area contributed by atoms with Crippen LogP contribution in [0.1, 0.15) is 9.67 Å². The molecule has 1 aromatic carbocycles. The zero-order chi connectivity index (χ0) is 20.0. The first-order valence-electron chi connectivity index (χ1n) is 9.45. The van der Waals surface area contributed by atoms with Gasteiger partial charge in [0.2, 0.25) is 0 Å². The van der Waals surface area contributed by atoms with Crippen LogP contribution in [0.15, 0.2) is 35.7 Å². The number of amides is 2. The fraction of sp³-hybridized carbons (Fsp3) is 0.400. The quantitative estimate of drug-likeness (QED) is 0.809. The summed E-state index contributed by atoms with van der Waals surface area (Å²) >= 11 is 1.35. The minimum Gasteiger partial charge on any atom is -0.442 e. The molecule has 1 N–H and O–H groups in total. The lowest BCUT2D eigenvalue weighted by Gasteiger charge is -2.56. The van der Waals surface area contributed by atoms with Gasteiger partial charge in [-0.2, -0.15) is 0 Å². The number of benzene rings is 1. The average Bonchev–Trinajstić information content (AvgIpc) is 3.28. The van der Waals surface area contributed by atoms with E-state index < -0.39 is 12.2 Å². The molecule has 1 aromatic heterocycles. The predicted octanol–water partition coefficient (Wildman–Crippen LogP) is 2.48. The molecule has 0 radical (unpaired) electrons. The van der Waals surface area contributed by atoms with Gasteiger partial charge in [0, 0.05) is 13.1 Å². The third-order valence-electron chi connectivity index (χ3n) is 5.56. The molecular formula is C20H20FN3O4S. The van der Waals surface area contributed by atoms with Crippen LogP contribution in [0.25, 0.3) is 0 Å². The maximum atomic E-state index is 14.7. The number of ether oxygens (including phenoxy) is 2. The lowest BCUT2D eigenvalue weighted by molar-refractivity contribution is -0.127. The first kappa shape index (κ1) is 18.4. The van der Waals surface area contributed by atoms with E-state index in [1.54, 1.807) is 24.3 Å². The first-order valence-corrected chi connectivity index (χ1v) is 10.3. The van der Waals surface area contributed by atoms with Gasteiger partial charge in [-0.3, -0.25) is 9.69 Å². The highest BCUT2D eigenvalue weighted by atomic mass is 32.1. The van der Waals surface area contributed by atoms with E-state index in [1.807, 2.05) is 10.3 Å². The number of rotatable bonds is 5. The van der Waals surface area contributed by atoms with Crippen LogP contribution in [0, 0.1) is 11.2 Å². The molecule has 0 saturated carbocycles. The van der Waals surface area contributed by atoms with Gasteiger partial charge in [-0.05, 0) is 29.6 Å². The van der Waals surface area contributed by atoms with Crippen molar-refractivity contribution in [2.75, 3.05) is 49.2 Å². The van der Waals surface area contributed by atoms with E-state index in [0.29, 0.717) is 16.3 Å². The summed E-state index contributed by atoms with van der Waals surface area (Å²) in [7, 11) is 0. The SMILES string of the molecule is O=C(NC[C@H]1CN(c2ccc(N3CC4(COC4)C3)c(F)c2)C(=O)O1)c1cccs1. The van der Waals surface area contributed by atoms with Crippen LogP contribution in [0.4, 0.5) is 20.6 Å². The van der Waals surface area contributed by atoms with E-state index in [9.17, 15) is 14.0 Å². The lowest BCUT2D eigenvalue weighted by Crippen LogP contribution is -2.66. The predicted molar refractivity (Wildman–Crippen MR) is 106 cm³/mol. The molecule has 3 saturated heterocycles. The number of halogens is 1. The molecule has 0 aliphatic carbocycles. The fourth-order valence-electron chi connectivity index (χ4n) is 3.97. The molecule has 3 fully saturated rings. The maximum Gasteiger partial charge on any atom is 0.414 e. The van der Waals surface area contributed by atoms with Crippen molar-refractivity contribution >= 4 is 34.7 Å². The third kappa shape index (κ3) is 3.34. The van der Waals surface area contributed by atoms with Gasteiger partial charge in [-0.25, -0.2) is 9.18 Å². The minimum atomic E-state index is -0.540. The Balaban J connectivity index is 1.20. The summed E-state index contributed by atoms with van der Waals surface area (Å²) in [6, 6.07) is 8.33. The van der Waals surface area contributed by atoms with Crippen molar-refractivity contribution in [1.82, 2.24) is 5.32 Å². The number of nitrogens with one attached hydrogen (secondary N) is 1. The van der Waals surface area contributed by atoms with Crippen molar-refractivity contribution in [2.24, 2.45) is 5.41 Å². The summed E-state index contributed by atoms with van der Waals surface area (Å²) in [5.74, 6) is -0.561. The summed E-state index contributed by atoms with van der Waals surface area (Å²) in [6.07, 6.45) is -1.02. The third-order valence-corrected chi connectivity index (χ3v) is 6.43. The Kier molecular flexibility index (Phi) is 4.44. The number of anilines is 2. The van der Waals surface area contributed by atoms with Crippen molar-refractivity contribution in [3.8, 4) is 0 Å². The smallest absolute Gasteiger partial charge is 0.414 e. The zero-order valence-electron chi connectivity index (χ0n) is 15.6. The number of cyclic esters (lactones) is 1. The summed E-state index contributed by atoms with van der Waals surface area (Å²) in [5, 5.41) is 4.59. The van der Waals surface area contributed by atoms with E-state index in [2.05, 4.69) is 5.32 Å². The molecule has 2 amide bonds. The van der Waals surface area contributed by atoms with Gasteiger partial charge < -0.3 is 19.7 Å². The minimum absolute atomic E-state index is 0.199. The van der Waals surface area contributed by atoms with Crippen molar-refractivity contribution in [2.45, 2.75) is 6.10 Å². The summed E-state index contributed by atoms with van der Waals surface area (Å²) in [6.45, 7) is 3.53. The number of hydrogen-bond acceptors (Lipinski definition) is 6. The van der Waals surface area contributed by atoms with Gasteiger partial charge in [0.15, 0.2) is 0 Å². The van der Waals surface area contributed by atoms with Gasteiger partial charge in [0.25, 0.3) is 5.91 Å². The van der Waals surface area contributed by atoms with Crippen molar-refractivity contribution < 1.29 is 23.5 Å². The van der Waals surface area contributed by atoms with Gasteiger partial charge in [-0.1, -0.05) is 6.07 Å². The van der Waals surface area contributed by atoms with Crippen LogP contribution in [-0.4, -0.2) is 57.5 Å². The molecule has 2 aromatic rings. The normalized spacial score (nSPS) is 22.2. The number of thiophene rings is 1. The Morgan fingerprint density at radius 3 is 2.79 bits per heavy atom. The fourth-order valence-corrected chi connectivity index (χ4v) is 4.61. The second kappa shape index (κ2) is 7.00. The first-order chi connectivity index (χ1) is 14.0.